The number of carboxylic acids is 1. The van der Waals surface area contributed by atoms with Gasteiger partial charge in [-0.15, -0.1) is 0 Å². The molecule has 0 aliphatic rings. The van der Waals surface area contributed by atoms with Crippen LogP contribution >= 0.6 is 46.4 Å². The number of carboxylic acid groups (broad SMARTS) is 1. The van der Waals surface area contributed by atoms with Crippen molar-refractivity contribution in [2.45, 2.75) is 51.5 Å². The van der Waals surface area contributed by atoms with Crippen LogP contribution in [0.4, 0.5) is 0 Å². The first-order valence-electron chi connectivity index (χ1n) is 7.44. The lowest BCUT2D eigenvalue weighted by Crippen LogP contribution is -2.46. The zero-order valence-corrected chi connectivity index (χ0v) is 16.2. The Morgan fingerprint density at radius 1 is 1.26 bits per heavy atom. The highest BCUT2D eigenvalue weighted by Crippen LogP contribution is 2.38. The fraction of sp³-hybridized carbons (Fsp3) is 0.562. The molecule has 0 aliphatic heterocycles. The van der Waals surface area contributed by atoms with Crippen LogP contribution in [-0.4, -0.2) is 16.6 Å². The minimum atomic E-state index is -1.21. The van der Waals surface area contributed by atoms with Gasteiger partial charge in [0.1, 0.15) is 5.54 Å². The molecule has 0 saturated heterocycles. The van der Waals surface area contributed by atoms with Crippen molar-refractivity contribution in [3.8, 4) is 0 Å². The summed E-state index contributed by atoms with van der Waals surface area (Å²) in [4.78, 5) is 11.1. The summed E-state index contributed by atoms with van der Waals surface area (Å²) < 4.78 is 0. The lowest BCUT2D eigenvalue weighted by Gasteiger charge is -2.25. The van der Waals surface area contributed by atoms with E-state index in [1.165, 1.54) is 0 Å². The molecule has 0 spiro atoms. The van der Waals surface area contributed by atoms with Gasteiger partial charge < -0.3 is 10.8 Å². The predicted molar refractivity (Wildman–Crippen MR) is 98.0 cm³/mol. The van der Waals surface area contributed by atoms with E-state index in [9.17, 15) is 4.79 Å². The molecule has 0 aliphatic carbocycles. The van der Waals surface area contributed by atoms with Crippen molar-refractivity contribution >= 4 is 52.4 Å². The third-order valence-corrected chi connectivity index (χ3v) is 5.67. The highest BCUT2D eigenvalue weighted by Gasteiger charge is 2.30. The van der Waals surface area contributed by atoms with E-state index in [2.05, 4.69) is 0 Å². The first-order valence-corrected chi connectivity index (χ1v) is 8.95. The molecule has 0 bridgehead atoms. The van der Waals surface area contributed by atoms with E-state index in [1.807, 2.05) is 6.92 Å². The van der Waals surface area contributed by atoms with Crippen LogP contribution in [0.5, 0.6) is 0 Å². The number of rotatable bonds is 8. The SMILES string of the molecule is CCC(CCCc1c(Cl)cc(Cl)c(Cl)c1Cl)CC(C)(N)C(=O)O. The second kappa shape index (κ2) is 8.77. The quantitative estimate of drug-likeness (QED) is 0.425. The Bertz CT molecular complexity index is 576. The first kappa shape index (κ1) is 20.9. The average molecular weight is 401 g/mol. The molecule has 0 amide bonds. The Hall–Kier alpha value is -0.190. The Morgan fingerprint density at radius 2 is 1.87 bits per heavy atom. The van der Waals surface area contributed by atoms with Crippen molar-refractivity contribution in [1.82, 2.24) is 0 Å². The van der Waals surface area contributed by atoms with Crippen molar-refractivity contribution in [1.29, 1.82) is 0 Å². The standard InChI is InChI=1S/C16H21Cl4NO2/c1-3-9(8-16(2,21)15(22)23)5-4-6-10-11(17)7-12(18)14(20)13(10)19/h7,9H,3-6,8,21H2,1-2H3,(H,22,23). The van der Waals surface area contributed by atoms with Crippen LogP contribution in [0.2, 0.25) is 20.1 Å². The van der Waals surface area contributed by atoms with Crippen LogP contribution in [0.15, 0.2) is 6.07 Å². The van der Waals surface area contributed by atoms with Gasteiger partial charge in [0.2, 0.25) is 0 Å². The maximum absolute atomic E-state index is 11.1. The zero-order chi connectivity index (χ0) is 17.8. The van der Waals surface area contributed by atoms with Crippen molar-refractivity contribution in [3.63, 3.8) is 0 Å². The van der Waals surface area contributed by atoms with Crippen LogP contribution < -0.4 is 5.73 Å². The number of halogens is 4. The summed E-state index contributed by atoms with van der Waals surface area (Å²) in [6, 6.07) is 1.59. The van der Waals surface area contributed by atoms with Crippen molar-refractivity contribution in [3.05, 3.63) is 31.7 Å². The zero-order valence-electron chi connectivity index (χ0n) is 13.1. The van der Waals surface area contributed by atoms with Crippen molar-refractivity contribution in [2.75, 3.05) is 0 Å². The van der Waals surface area contributed by atoms with Crippen molar-refractivity contribution < 1.29 is 9.90 Å². The second-order valence-corrected chi connectivity index (χ2v) is 7.61. The molecular formula is C16H21Cl4NO2. The molecule has 0 fully saturated rings. The molecule has 3 nitrogen and oxygen atoms in total. The molecule has 1 rings (SSSR count). The van der Waals surface area contributed by atoms with E-state index < -0.39 is 11.5 Å². The molecular weight excluding hydrogens is 380 g/mol. The maximum atomic E-state index is 11.1. The Kier molecular flexibility index (Phi) is 7.96. The van der Waals surface area contributed by atoms with E-state index in [0.29, 0.717) is 32.9 Å². The fourth-order valence-corrected chi connectivity index (χ4v) is 3.66. The molecule has 0 saturated carbocycles. The highest BCUT2D eigenvalue weighted by molar-refractivity contribution is 6.49. The number of benzene rings is 1. The van der Waals surface area contributed by atoms with Crippen molar-refractivity contribution in [2.24, 2.45) is 11.7 Å². The van der Waals surface area contributed by atoms with Crippen LogP contribution in [0.1, 0.15) is 45.1 Å². The normalized spacial score (nSPS) is 15.3. The van der Waals surface area contributed by atoms with Crippen LogP contribution in [0.25, 0.3) is 0 Å². The van der Waals surface area contributed by atoms with Gasteiger partial charge in [0.05, 0.1) is 15.1 Å². The molecule has 7 heteroatoms. The maximum Gasteiger partial charge on any atom is 0.323 e. The van der Waals surface area contributed by atoms with Gasteiger partial charge >= 0.3 is 5.97 Å². The minimum Gasteiger partial charge on any atom is -0.480 e. The lowest BCUT2D eigenvalue weighted by molar-refractivity contribution is -0.143. The Morgan fingerprint density at radius 3 is 2.39 bits per heavy atom. The highest BCUT2D eigenvalue weighted by atomic mass is 35.5. The minimum absolute atomic E-state index is 0.224. The van der Waals surface area contributed by atoms with E-state index in [4.69, 9.17) is 57.2 Å². The number of carbonyl (C=O) groups is 1. The van der Waals surface area contributed by atoms with E-state index in [-0.39, 0.29) is 5.92 Å². The lowest BCUT2D eigenvalue weighted by atomic mass is 9.85. The number of hydrogen-bond donors (Lipinski definition) is 2. The van der Waals surface area contributed by atoms with Gasteiger partial charge in [0.25, 0.3) is 0 Å². The number of nitrogens with two attached hydrogens (primary N) is 1. The monoisotopic (exact) mass is 399 g/mol. The Labute approximate surface area is 157 Å². The molecule has 0 radical (unpaired) electrons. The summed E-state index contributed by atoms with van der Waals surface area (Å²) in [5.41, 5.74) is 5.39. The predicted octanol–water partition coefficient (Wildman–Crippen LogP) is 5.84. The number of aliphatic carboxylic acids is 1. The topological polar surface area (TPSA) is 63.3 Å². The summed E-state index contributed by atoms with van der Waals surface area (Å²) in [6.07, 6.45) is 3.60. The molecule has 130 valence electrons. The average Bonchev–Trinajstić information content (AvgIpc) is 2.46. The van der Waals surface area contributed by atoms with Crippen LogP contribution in [-0.2, 0) is 11.2 Å². The third-order valence-electron chi connectivity index (χ3n) is 4.03. The van der Waals surface area contributed by atoms with Gasteiger partial charge in [0.15, 0.2) is 0 Å². The third kappa shape index (κ3) is 5.68. The molecule has 0 aromatic heterocycles. The summed E-state index contributed by atoms with van der Waals surface area (Å²) in [5, 5.41) is 10.6. The summed E-state index contributed by atoms with van der Waals surface area (Å²) in [5.74, 6) is -0.757. The van der Waals surface area contributed by atoms with Gasteiger partial charge in [-0.05, 0) is 43.7 Å². The van der Waals surface area contributed by atoms with Gasteiger partial charge in [-0.1, -0.05) is 66.2 Å². The Balaban J connectivity index is 2.69. The summed E-state index contributed by atoms with van der Waals surface area (Å²) in [6.45, 7) is 3.58. The number of hydrogen-bond acceptors (Lipinski definition) is 2. The molecule has 3 N–H and O–H groups in total. The molecule has 2 atom stereocenters. The fourth-order valence-electron chi connectivity index (χ4n) is 2.54. The van der Waals surface area contributed by atoms with E-state index in [1.54, 1.807) is 13.0 Å². The van der Waals surface area contributed by atoms with Gasteiger partial charge in [-0.3, -0.25) is 4.79 Å². The van der Waals surface area contributed by atoms with E-state index >= 15 is 0 Å². The first-order chi connectivity index (χ1) is 10.6. The van der Waals surface area contributed by atoms with Gasteiger partial charge in [-0.25, -0.2) is 0 Å². The summed E-state index contributed by atoms with van der Waals surface area (Å²) >= 11 is 24.4. The van der Waals surface area contributed by atoms with Crippen LogP contribution in [0, 0.1) is 5.92 Å². The second-order valence-electron chi connectivity index (χ2n) is 6.04. The molecule has 1 aromatic carbocycles. The molecule has 0 heterocycles. The van der Waals surface area contributed by atoms with Crippen LogP contribution in [0.3, 0.4) is 0 Å². The van der Waals surface area contributed by atoms with Gasteiger partial charge in [0, 0.05) is 5.02 Å². The smallest absolute Gasteiger partial charge is 0.323 e. The van der Waals surface area contributed by atoms with E-state index in [0.717, 1.165) is 24.8 Å². The summed E-state index contributed by atoms with van der Waals surface area (Å²) in [7, 11) is 0. The molecule has 2 unspecified atom stereocenters. The molecule has 1 aromatic rings. The largest absolute Gasteiger partial charge is 0.480 e. The van der Waals surface area contributed by atoms with Gasteiger partial charge in [-0.2, -0.15) is 0 Å². The molecule has 23 heavy (non-hydrogen) atoms.